The second-order valence-corrected chi connectivity index (χ2v) is 5.78. The fourth-order valence-corrected chi connectivity index (χ4v) is 2.56. The molecule has 0 fully saturated rings. The number of nitro groups is 1. The first-order valence-electron chi connectivity index (χ1n) is 7.52. The van der Waals surface area contributed by atoms with E-state index >= 15 is 0 Å². The van der Waals surface area contributed by atoms with E-state index in [0.29, 0.717) is 0 Å². The lowest BCUT2D eigenvalue weighted by Gasteiger charge is -2.12. The van der Waals surface area contributed by atoms with Gasteiger partial charge in [0.25, 0.3) is 5.69 Å². The van der Waals surface area contributed by atoms with E-state index in [4.69, 9.17) is 0 Å². The largest absolute Gasteiger partial charge is 0.378 e. The molecule has 1 heterocycles. The molecule has 0 aliphatic carbocycles. The molecule has 1 aromatic heterocycles. The van der Waals surface area contributed by atoms with E-state index in [9.17, 15) is 10.1 Å². The molecule has 0 N–H and O–H groups in total. The molecule has 6 nitrogen and oxygen atoms in total. The molecule has 122 valence electrons. The Labute approximate surface area is 140 Å². The summed E-state index contributed by atoms with van der Waals surface area (Å²) in [6.45, 7) is 0. The van der Waals surface area contributed by atoms with Crippen LogP contribution in [0, 0.1) is 10.1 Å². The van der Waals surface area contributed by atoms with Gasteiger partial charge in [0.1, 0.15) is 0 Å². The number of nitro benzene ring substituents is 1. The molecule has 2 aromatic carbocycles. The number of aromatic nitrogens is 2. The quantitative estimate of drug-likeness (QED) is 0.542. The van der Waals surface area contributed by atoms with Gasteiger partial charge >= 0.3 is 0 Å². The first-order chi connectivity index (χ1) is 11.5. The zero-order valence-corrected chi connectivity index (χ0v) is 13.8. The monoisotopic (exact) mass is 322 g/mol. The van der Waals surface area contributed by atoms with Crippen molar-refractivity contribution in [2.75, 3.05) is 19.0 Å². The van der Waals surface area contributed by atoms with Gasteiger partial charge in [-0.15, -0.1) is 0 Å². The number of nitrogens with zero attached hydrogens (tertiary/aromatic N) is 4. The average Bonchev–Trinajstić information content (AvgIpc) is 2.97. The summed E-state index contributed by atoms with van der Waals surface area (Å²) in [6.07, 6.45) is 0. The molecular formula is C18H18N4O2. The Morgan fingerprint density at radius 2 is 1.58 bits per heavy atom. The Morgan fingerprint density at radius 3 is 2.12 bits per heavy atom. The predicted molar refractivity (Wildman–Crippen MR) is 95.1 cm³/mol. The lowest BCUT2D eigenvalue weighted by Crippen LogP contribution is -2.07. The van der Waals surface area contributed by atoms with Gasteiger partial charge in [-0.2, -0.15) is 5.10 Å². The van der Waals surface area contributed by atoms with Crippen LogP contribution in [0.5, 0.6) is 0 Å². The van der Waals surface area contributed by atoms with Crippen molar-refractivity contribution >= 4 is 11.4 Å². The van der Waals surface area contributed by atoms with Crippen LogP contribution in [0.3, 0.4) is 0 Å². The summed E-state index contributed by atoms with van der Waals surface area (Å²) in [6, 6.07) is 16.7. The van der Waals surface area contributed by atoms with Crippen LogP contribution in [0.2, 0.25) is 0 Å². The molecule has 0 saturated heterocycles. The third-order valence-corrected chi connectivity index (χ3v) is 3.93. The maximum atomic E-state index is 10.8. The van der Waals surface area contributed by atoms with Crippen molar-refractivity contribution in [3.63, 3.8) is 0 Å². The van der Waals surface area contributed by atoms with Crippen LogP contribution >= 0.6 is 0 Å². The first-order valence-corrected chi connectivity index (χ1v) is 7.52. The van der Waals surface area contributed by atoms with Crippen molar-refractivity contribution in [1.82, 2.24) is 9.78 Å². The van der Waals surface area contributed by atoms with Crippen molar-refractivity contribution in [3.8, 4) is 22.5 Å². The SMILES string of the molecule is CN(C)c1ccc(-c2cc(-c3ccc([N+](=O)[O-])cc3)n(C)n2)cc1. The highest BCUT2D eigenvalue weighted by Gasteiger charge is 2.11. The van der Waals surface area contributed by atoms with Gasteiger partial charge in [-0.25, -0.2) is 0 Å². The van der Waals surface area contributed by atoms with E-state index in [2.05, 4.69) is 17.2 Å². The Bertz CT molecular complexity index is 865. The molecule has 0 atom stereocenters. The summed E-state index contributed by atoms with van der Waals surface area (Å²) in [7, 11) is 5.87. The molecule has 0 saturated carbocycles. The number of benzene rings is 2. The Morgan fingerprint density at radius 1 is 1.00 bits per heavy atom. The standard InChI is InChI=1S/C18H18N4O2/c1-20(2)15-8-4-13(5-9-15)17-12-18(21(3)19-17)14-6-10-16(11-7-14)22(23)24/h4-12H,1-3H3. The maximum absolute atomic E-state index is 10.8. The molecule has 0 aliphatic rings. The summed E-state index contributed by atoms with van der Waals surface area (Å²) in [5.74, 6) is 0. The molecule has 0 amide bonds. The summed E-state index contributed by atoms with van der Waals surface area (Å²) in [4.78, 5) is 12.4. The van der Waals surface area contributed by atoms with E-state index in [1.165, 1.54) is 12.1 Å². The predicted octanol–water partition coefficient (Wildman–Crippen LogP) is 3.73. The summed E-state index contributed by atoms with van der Waals surface area (Å²) >= 11 is 0. The fourth-order valence-electron chi connectivity index (χ4n) is 2.56. The topological polar surface area (TPSA) is 64.2 Å². The van der Waals surface area contributed by atoms with Crippen LogP contribution < -0.4 is 4.90 Å². The minimum absolute atomic E-state index is 0.0837. The second kappa shape index (κ2) is 6.16. The first kappa shape index (κ1) is 15.7. The summed E-state index contributed by atoms with van der Waals surface area (Å²) < 4.78 is 1.79. The Kier molecular flexibility index (Phi) is 4.04. The number of aryl methyl sites for hydroxylation is 1. The molecule has 3 rings (SSSR count). The Hall–Kier alpha value is -3.15. The number of hydrogen-bond acceptors (Lipinski definition) is 4. The van der Waals surface area contributed by atoms with Crippen LogP contribution in [-0.2, 0) is 7.05 Å². The lowest BCUT2D eigenvalue weighted by molar-refractivity contribution is -0.384. The molecule has 3 aromatic rings. The maximum Gasteiger partial charge on any atom is 0.269 e. The van der Waals surface area contributed by atoms with Crippen molar-refractivity contribution in [2.24, 2.45) is 7.05 Å². The second-order valence-electron chi connectivity index (χ2n) is 5.78. The van der Waals surface area contributed by atoms with Crippen molar-refractivity contribution in [1.29, 1.82) is 0 Å². The number of anilines is 1. The fraction of sp³-hybridized carbons (Fsp3) is 0.167. The molecule has 0 bridgehead atoms. The number of rotatable bonds is 4. The zero-order valence-electron chi connectivity index (χ0n) is 13.8. The normalized spacial score (nSPS) is 10.6. The molecular weight excluding hydrogens is 304 g/mol. The Balaban J connectivity index is 1.93. The van der Waals surface area contributed by atoms with Gasteiger partial charge in [0.05, 0.1) is 16.3 Å². The van der Waals surface area contributed by atoms with Gasteiger partial charge in [0, 0.05) is 50.1 Å². The van der Waals surface area contributed by atoms with Crippen LogP contribution in [0.4, 0.5) is 11.4 Å². The molecule has 6 heteroatoms. The minimum atomic E-state index is -0.398. The van der Waals surface area contributed by atoms with Gasteiger partial charge in [-0.05, 0) is 30.3 Å². The highest BCUT2D eigenvalue weighted by atomic mass is 16.6. The van der Waals surface area contributed by atoms with Gasteiger partial charge < -0.3 is 4.90 Å². The van der Waals surface area contributed by atoms with E-state index in [0.717, 1.165) is 28.2 Å². The van der Waals surface area contributed by atoms with Gasteiger partial charge in [-0.1, -0.05) is 12.1 Å². The van der Waals surface area contributed by atoms with Crippen molar-refractivity contribution in [2.45, 2.75) is 0 Å². The van der Waals surface area contributed by atoms with Crippen molar-refractivity contribution in [3.05, 3.63) is 64.7 Å². The van der Waals surface area contributed by atoms with Crippen molar-refractivity contribution < 1.29 is 4.92 Å². The highest BCUT2D eigenvalue weighted by Crippen LogP contribution is 2.28. The molecule has 0 spiro atoms. The van der Waals surface area contributed by atoms with Crippen LogP contribution in [0.1, 0.15) is 0 Å². The molecule has 0 unspecified atom stereocenters. The third kappa shape index (κ3) is 2.99. The van der Waals surface area contributed by atoms with Crippen LogP contribution in [0.15, 0.2) is 54.6 Å². The van der Waals surface area contributed by atoms with Gasteiger partial charge in [0.15, 0.2) is 0 Å². The molecule has 24 heavy (non-hydrogen) atoms. The number of hydrogen-bond donors (Lipinski definition) is 0. The van der Waals surface area contributed by atoms with E-state index < -0.39 is 4.92 Å². The minimum Gasteiger partial charge on any atom is -0.378 e. The van der Waals surface area contributed by atoms with E-state index in [1.807, 2.05) is 44.2 Å². The zero-order chi connectivity index (χ0) is 17.3. The average molecular weight is 322 g/mol. The van der Waals surface area contributed by atoms with Gasteiger partial charge in [-0.3, -0.25) is 14.8 Å². The summed E-state index contributed by atoms with van der Waals surface area (Å²) in [5, 5.41) is 15.3. The smallest absolute Gasteiger partial charge is 0.269 e. The van der Waals surface area contributed by atoms with Gasteiger partial charge in [0.2, 0.25) is 0 Å². The number of non-ortho nitro benzene ring substituents is 1. The highest BCUT2D eigenvalue weighted by molar-refractivity contribution is 5.70. The van der Waals surface area contributed by atoms with Crippen LogP contribution in [0.25, 0.3) is 22.5 Å². The van der Waals surface area contributed by atoms with E-state index in [1.54, 1.807) is 16.8 Å². The molecule has 0 radical (unpaired) electrons. The summed E-state index contributed by atoms with van der Waals surface area (Å²) in [5.41, 5.74) is 4.93. The third-order valence-electron chi connectivity index (χ3n) is 3.93. The lowest BCUT2D eigenvalue weighted by atomic mass is 10.1. The van der Waals surface area contributed by atoms with Crippen LogP contribution in [-0.4, -0.2) is 28.8 Å². The van der Waals surface area contributed by atoms with E-state index in [-0.39, 0.29) is 5.69 Å². The molecule has 0 aliphatic heterocycles.